The minimum Gasteiger partial charge on any atom is -0.497 e. The molecule has 0 unspecified atom stereocenters. The van der Waals surface area contributed by atoms with Gasteiger partial charge in [-0.2, -0.15) is 0 Å². The number of rotatable bonds is 2. The predicted molar refractivity (Wildman–Crippen MR) is 57.0 cm³/mol. The van der Waals surface area contributed by atoms with Gasteiger partial charge in [-0.1, -0.05) is 0 Å². The molecule has 0 saturated heterocycles. The van der Waals surface area contributed by atoms with E-state index in [2.05, 4.69) is 4.98 Å². The summed E-state index contributed by atoms with van der Waals surface area (Å²) in [6.45, 7) is -0.253. The second-order valence-electron chi connectivity index (χ2n) is 3.21. The summed E-state index contributed by atoms with van der Waals surface area (Å²) in [5.74, 6) is 0.690. The van der Waals surface area contributed by atoms with Gasteiger partial charge in [0.25, 0.3) is 0 Å². The number of ether oxygens (including phenoxy) is 1. The number of aromatic amines is 1. The average molecular weight is 205 g/mol. The summed E-state index contributed by atoms with van der Waals surface area (Å²) in [6.07, 6.45) is 1.52. The maximum atomic E-state index is 11.7. The molecule has 2 aromatic rings. The molecular formula is C11H11NO3. The quantitative estimate of drug-likeness (QED) is 0.769. The monoisotopic (exact) mass is 205 g/mol. The zero-order valence-corrected chi connectivity index (χ0v) is 8.28. The van der Waals surface area contributed by atoms with Crippen molar-refractivity contribution < 1.29 is 9.84 Å². The number of aliphatic hydroxyl groups excluding tert-OH is 1. The van der Waals surface area contributed by atoms with Crippen LogP contribution in [0.4, 0.5) is 0 Å². The van der Waals surface area contributed by atoms with Gasteiger partial charge in [0, 0.05) is 23.2 Å². The Labute approximate surface area is 86.1 Å². The number of hydrogen-bond acceptors (Lipinski definition) is 3. The molecule has 0 aliphatic carbocycles. The molecule has 0 bridgehead atoms. The van der Waals surface area contributed by atoms with Gasteiger partial charge in [-0.25, -0.2) is 0 Å². The molecule has 0 aliphatic heterocycles. The molecule has 0 radical (unpaired) electrons. The standard InChI is InChI=1S/C11H11NO3/c1-15-8-2-3-9-10(4-8)12-5-7(6-13)11(9)14/h2-5,13H,6H2,1H3,(H,12,14). The number of methoxy groups -OCH3 is 1. The fourth-order valence-corrected chi connectivity index (χ4v) is 1.49. The van der Waals surface area contributed by atoms with E-state index in [4.69, 9.17) is 9.84 Å². The van der Waals surface area contributed by atoms with Crippen molar-refractivity contribution in [1.29, 1.82) is 0 Å². The Morgan fingerprint density at radius 1 is 1.47 bits per heavy atom. The van der Waals surface area contributed by atoms with Gasteiger partial charge < -0.3 is 14.8 Å². The van der Waals surface area contributed by atoms with Crippen molar-refractivity contribution >= 4 is 10.9 Å². The van der Waals surface area contributed by atoms with Crippen LogP contribution < -0.4 is 10.2 Å². The second-order valence-corrected chi connectivity index (χ2v) is 3.21. The molecule has 0 fully saturated rings. The summed E-state index contributed by atoms with van der Waals surface area (Å²) in [5, 5.41) is 9.49. The third-order valence-corrected chi connectivity index (χ3v) is 2.34. The van der Waals surface area contributed by atoms with Crippen LogP contribution in [0.25, 0.3) is 10.9 Å². The van der Waals surface area contributed by atoms with E-state index in [0.717, 1.165) is 0 Å². The zero-order valence-electron chi connectivity index (χ0n) is 8.28. The van der Waals surface area contributed by atoms with Crippen molar-refractivity contribution in [2.75, 3.05) is 7.11 Å². The van der Waals surface area contributed by atoms with Crippen LogP contribution in [0.15, 0.2) is 29.2 Å². The van der Waals surface area contributed by atoms with Crippen LogP contribution in [0, 0.1) is 0 Å². The van der Waals surface area contributed by atoms with E-state index in [1.165, 1.54) is 6.20 Å². The molecule has 0 atom stereocenters. The lowest BCUT2D eigenvalue weighted by Gasteiger charge is -2.03. The van der Waals surface area contributed by atoms with Crippen LogP contribution in [-0.2, 0) is 6.61 Å². The van der Waals surface area contributed by atoms with Gasteiger partial charge in [-0.15, -0.1) is 0 Å². The largest absolute Gasteiger partial charge is 0.497 e. The van der Waals surface area contributed by atoms with Gasteiger partial charge in [-0.05, 0) is 12.1 Å². The Morgan fingerprint density at radius 2 is 2.27 bits per heavy atom. The Bertz CT molecular complexity index is 545. The second kappa shape index (κ2) is 3.74. The average Bonchev–Trinajstić information content (AvgIpc) is 2.29. The summed E-state index contributed by atoms with van der Waals surface area (Å²) in [4.78, 5) is 14.7. The molecule has 4 heteroatoms. The first-order chi connectivity index (χ1) is 7.26. The highest BCUT2D eigenvalue weighted by atomic mass is 16.5. The summed E-state index contributed by atoms with van der Waals surface area (Å²) < 4.78 is 5.05. The number of nitrogens with one attached hydrogen (secondary N) is 1. The molecule has 2 N–H and O–H groups in total. The molecule has 0 spiro atoms. The van der Waals surface area contributed by atoms with Crippen LogP contribution in [-0.4, -0.2) is 17.2 Å². The summed E-state index contributed by atoms with van der Waals surface area (Å²) in [5.41, 5.74) is 0.929. The van der Waals surface area contributed by atoms with E-state index in [-0.39, 0.29) is 12.0 Å². The van der Waals surface area contributed by atoms with Crippen molar-refractivity contribution in [2.45, 2.75) is 6.61 Å². The molecule has 0 saturated carbocycles. The summed E-state index contributed by atoms with van der Waals surface area (Å²) >= 11 is 0. The van der Waals surface area contributed by atoms with E-state index in [0.29, 0.717) is 22.2 Å². The molecule has 1 aromatic carbocycles. The number of hydrogen-bond donors (Lipinski definition) is 2. The number of H-pyrrole nitrogens is 1. The third-order valence-electron chi connectivity index (χ3n) is 2.34. The number of fused-ring (bicyclic) bond motifs is 1. The van der Waals surface area contributed by atoms with Gasteiger partial charge >= 0.3 is 0 Å². The van der Waals surface area contributed by atoms with Crippen molar-refractivity contribution in [3.63, 3.8) is 0 Å². The van der Waals surface area contributed by atoms with Crippen molar-refractivity contribution in [2.24, 2.45) is 0 Å². The van der Waals surface area contributed by atoms with E-state index in [1.54, 1.807) is 25.3 Å². The molecule has 2 rings (SSSR count). The van der Waals surface area contributed by atoms with E-state index in [1.807, 2.05) is 0 Å². The third kappa shape index (κ3) is 1.59. The normalized spacial score (nSPS) is 10.5. The van der Waals surface area contributed by atoms with Crippen LogP contribution >= 0.6 is 0 Å². The van der Waals surface area contributed by atoms with Gasteiger partial charge in [0.2, 0.25) is 0 Å². The lowest BCUT2D eigenvalue weighted by atomic mass is 10.1. The van der Waals surface area contributed by atoms with Crippen LogP contribution in [0.1, 0.15) is 5.56 Å². The van der Waals surface area contributed by atoms with Gasteiger partial charge in [0.1, 0.15) is 5.75 Å². The summed E-state index contributed by atoms with van der Waals surface area (Å²) in [7, 11) is 1.57. The predicted octanol–water partition coefficient (Wildman–Crippen LogP) is 1.03. The highest BCUT2D eigenvalue weighted by molar-refractivity contribution is 5.80. The van der Waals surface area contributed by atoms with Crippen LogP contribution in [0.2, 0.25) is 0 Å². The Kier molecular flexibility index (Phi) is 2.43. The zero-order chi connectivity index (χ0) is 10.8. The first-order valence-electron chi connectivity index (χ1n) is 4.55. The highest BCUT2D eigenvalue weighted by Crippen LogP contribution is 2.16. The Balaban J connectivity index is 2.74. The van der Waals surface area contributed by atoms with E-state index >= 15 is 0 Å². The number of pyridine rings is 1. The Hall–Kier alpha value is -1.81. The number of aliphatic hydroxyl groups is 1. The van der Waals surface area contributed by atoms with Crippen LogP contribution in [0.5, 0.6) is 5.75 Å². The van der Waals surface area contributed by atoms with Gasteiger partial charge in [0.05, 0.1) is 19.2 Å². The topological polar surface area (TPSA) is 62.3 Å². The molecule has 0 amide bonds. The molecule has 1 heterocycles. The molecule has 1 aromatic heterocycles. The maximum Gasteiger partial charge on any atom is 0.194 e. The first-order valence-corrected chi connectivity index (χ1v) is 4.55. The van der Waals surface area contributed by atoms with Crippen LogP contribution in [0.3, 0.4) is 0 Å². The molecule has 0 aliphatic rings. The SMILES string of the molecule is COc1ccc2c(=O)c(CO)c[nH]c2c1. The molecule has 15 heavy (non-hydrogen) atoms. The number of aromatic nitrogens is 1. The number of benzene rings is 1. The first kappa shape index (κ1) is 9.73. The van der Waals surface area contributed by atoms with Gasteiger partial charge in [0.15, 0.2) is 5.43 Å². The van der Waals surface area contributed by atoms with Crippen molar-refractivity contribution in [1.82, 2.24) is 4.98 Å². The van der Waals surface area contributed by atoms with E-state index in [9.17, 15) is 4.79 Å². The molecule has 78 valence electrons. The lowest BCUT2D eigenvalue weighted by molar-refractivity contribution is 0.280. The van der Waals surface area contributed by atoms with Crippen molar-refractivity contribution in [3.8, 4) is 5.75 Å². The Morgan fingerprint density at radius 3 is 2.93 bits per heavy atom. The molecular weight excluding hydrogens is 194 g/mol. The minimum atomic E-state index is -0.253. The summed E-state index contributed by atoms with van der Waals surface area (Å²) in [6, 6.07) is 5.16. The molecule has 4 nitrogen and oxygen atoms in total. The fourth-order valence-electron chi connectivity index (χ4n) is 1.49. The minimum absolute atomic E-state index is 0.145. The van der Waals surface area contributed by atoms with E-state index < -0.39 is 0 Å². The highest BCUT2D eigenvalue weighted by Gasteiger charge is 2.04. The fraction of sp³-hybridized carbons (Fsp3) is 0.182. The smallest absolute Gasteiger partial charge is 0.194 e. The lowest BCUT2D eigenvalue weighted by Crippen LogP contribution is -2.09. The van der Waals surface area contributed by atoms with Crippen molar-refractivity contribution in [3.05, 3.63) is 40.2 Å². The maximum absolute atomic E-state index is 11.7. The van der Waals surface area contributed by atoms with Gasteiger partial charge in [-0.3, -0.25) is 4.79 Å².